The first-order valence-electron chi connectivity index (χ1n) is 8.57. The van der Waals surface area contributed by atoms with Crippen molar-refractivity contribution >= 4 is 23.2 Å². The summed E-state index contributed by atoms with van der Waals surface area (Å²) in [5.74, 6) is 2.89. The molecule has 5 rings (SSSR count). The maximum atomic E-state index is 12.6. The van der Waals surface area contributed by atoms with Crippen molar-refractivity contribution in [1.82, 2.24) is 0 Å². The van der Waals surface area contributed by atoms with Gasteiger partial charge in [-0.3, -0.25) is 4.79 Å². The lowest BCUT2D eigenvalue weighted by atomic mass is 9.49. The molecule has 0 atom stereocenters. The molecular formula is C19H24ClNO. The summed E-state index contributed by atoms with van der Waals surface area (Å²) in [6.07, 6.45) is 8.84. The van der Waals surface area contributed by atoms with E-state index in [1.807, 2.05) is 25.1 Å². The van der Waals surface area contributed by atoms with E-state index in [0.29, 0.717) is 11.8 Å². The highest BCUT2D eigenvalue weighted by atomic mass is 35.5. The van der Waals surface area contributed by atoms with Gasteiger partial charge in [0.1, 0.15) is 0 Å². The van der Waals surface area contributed by atoms with Gasteiger partial charge in [0, 0.05) is 17.1 Å². The van der Waals surface area contributed by atoms with Crippen LogP contribution in [0.5, 0.6) is 0 Å². The number of carbonyl (C=O) groups excluding carboxylic acids is 1. The normalized spacial score (nSPS) is 35.6. The van der Waals surface area contributed by atoms with E-state index in [1.54, 1.807) is 0 Å². The molecule has 0 unspecified atom stereocenters. The Kier molecular flexibility index (Phi) is 3.48. The average Bonchev–Trinajstić information content (AvgIpc) is 2.39. The number of hydrogen-bond donors (Lipinski definition) is 1. The van der Waals surface area contributed by atoms with Gasteiger partial charge in [0.2, 0.25) is 5.91 Å². The van der Waals surface area contributed by atoms with Crippen molar-refractivity contribution in [2.45, 2.75) is 51.9 Å². The third kappa shape index (κ3) is 2.67. The van der Waals surface area contributed by atoms with Crippen molar-refractivity contribution in [3.05, 3.63) is 28.8 Å². The molecule has 3 heteroatoms. The van der Waals surface area contributed by atoms with Crippen LogP contribution < -0.4 is 5.32 Å². The fourth-order valence-corrected chi connectivity index (χ4v) is 6.04. The van der Waals surface area contributed by atoms with E-state index in [4.69, 9.17) is 11.6 Å². The zero-order valence-corrected chi connectivity index (χ0v) is 14.0. The molecule has 0 radical (unpaired) electrons. The Balaban J connectivity index is 1.46. The van der Waals surface area contributed by atoms with E-state index in [-0.39, 0.29) is 5.91 Å². The maximum Gasteiger partial charge on any atom is 0.224 e. The molecular weight excluding hydrogens is 294 g/mol. The van der Waals surface area contributed by atoms with Crippen molar-refractivity contribution in [1.29, 1.82) is 0 Å². The lowest BCUT2D eigenvalue weighted by Gasteiger charge is -2.56. The number of anilines is 1. The van der Waals surface area contributed by atoms with Crippen molar-refractivity contribution in [3.63, 3.8) is 0 Å². The van der Waals surface area contributed by atoms with Gasteiger partial charge in [-0.05, 0) is 92.4 Å². The monoisotopic (exact) mass is 317 g/mol. The molecule has 0 aromatic heterocycles. The summed E-state index contributed by atoms with van der Waals surface area (Å²) < 4.78 is 0. The highest BCUT2D eigenvalue weighted by Crippen LogP contribution is 2.61. The minimum atomic E-state index is 0.187. The smallest absolute Gasteiger partial charge is 0.224 e. The second-order valence-corrected chi connectivity index (χ2v) is 8.54. The Morgan fingerprint density at radius 3 is 2.32 bits per heavy atom. The highest BCUT2D eigenvalue weighted by Gasteiger charge is 2.51. The number of nitrogens with one attached hydrogen (secondary N) is 1. The van der Waals surface area contributed by atoms with Gasteiger partial charge in [-0.15, -0.1) is 0 Å². The number of benzene rings is 1. The summed E-state index contributed by atoms with van der Waals surface area (Å²) in [6, 6.07) is 5.66. The summed E-state index contributed by atoms with van der Waals surface area (Å²) in [5.41, 5.74) is 2.24. The molecule has 0 spiro atoms. The Morgan fingerprint density at radius 1 is 1.18 bits per heavy atom. The minimum Gasteiger partial charge on any atom is -0.326 e. The quantitative estimate of drug-likeness (QED) is 0.816. The first-order chi connectivity index (χ1) is 10.5. The number of amides is 1. The molecule has 0 aliphatic heterocycles. The molecule has 1 amide bonds. The Morgan fingerprint density at radius 2 is 1.77 bits per heavy atom. The van der Waals surface area contributed by atoms with Gasteiger partial charge in [0.25, 0.3) is 0 Å². The molecule has 4 fully saturated rings. The average molecular weight is 318 g/mol. The Labute approximate surface area is 137 Å². The highest BCUT2D eigenvalue weighted by molar-refractivity contribution is 6.30. The third-order valence-corrected chi connectivity index (χ3v) is 6.40. The number of aryl methyl sites for hydroxylation is 1. The van der Waals surface area contributed by atoms with E-state index in [1.165, 1.54) is 38.5 Å². The molecule has 4 saturated carbocycles. The summed E-state index contributed by atoms with van der Waals surface area (Å²) in [4.78, 5) is 12.6. The van der Waals surface area contributed by atoms with Gasteiger partial charge < -0.3 is 5.32 Å². The van der Waals surface area contributed by atoms with Crippen LogP contribution >= 0.6 is 11.6 Å². The van der Waals surface area contributed by atoms with Crippen LogP contribution in [0, 0.1) is 30.1 Å². The molecule has 4 bridgehead atoms. The fraction of sp³-hybridized carbons (Fsp3) is 0.632. The Bertz CT molecular complexity index is 574. The van der Waals surface area contributed by atoms with Crippen LogP contribution in [0.2, 0.25) is 5.02 Å². The SMILES string of the molecule is Cc1cc(Cl)ccc1NC(=O)CC12CC3CC(CC(C3)C1)C2. The van der Waals surface area contributed by atoms with Crippen molar-refractivity contribution in [2.24, 2.45) is 23.2 Å². The van der Waals surface area contributed by atoms with Crippen molar-refractivity contribution < 1.29 is 4.79 Å². The van der Waals surface area contributed by atoms with Gasteiger partial charge in [-0.1, -0.05) is 11.6 Å². The Hall–Kier alpha value is -1.02. The molecule has 22 heavy (non-hydrogen) atoms. The van der Waals surface area contributed by atoms with Gasteiger partial charge in [0.05, 0.1) is 0 Å². The van der Waals surface area contributed by atoms with E-state index >= 15 is 0 Å². The van der Waals surface area contributed by atoms with Crippen LogP contribution in [0.3, 0.4) is 0 Å². The van der Waals surface area contributed by atoms with Crippen LogP contribution in [-0.2, 0) is 4.79 Å². The van der Waals surface area contributed by atoms with Gasteiger partial charge in [-0.2, -0.15) is 0 Å². The second-order valence-electron chi connectivity index (χ2n) is 8.10. The summed E-state index contributed by atoms with van der Waals surface area (Å²) >= 11 is 5.99. The van der Waals surface area contributed by atoms with Crippen LogP contribution in [0.4, 0.5) is 5.69 Å². The first-order valence-corrected chi connectivity index (χ1v) is 8.95. The maximum absolute atomic E-state index is 12.6. The molecule has 0 heterocycles. The molecule has 118 valence electrons. The largest absolute Gasteiger partial charge is 0.326 e. The number of hydrogen-bond acceptors (Lipinski definition) is 1. The summed E-state index contributed by atoms with van der Waals surface area (Å²) in [5, 5.41) is 3.83. The first kappa shape index (κ1) is 14.6. The molecule has 4 aliphatic carbocycles. The molecule has 0 saturated heterocycles. The predicted molar refractivity (Wildman–Crippen MR) is 90.0 cm³/mol. The van der Waals surface area contributed by atoms with Crippen LogP contribution in [0.1, 0.15) is 50.5 Å². The van der Waals surface area contributed by atoms with E-state index < -0.39 is 0 Å². The van der Waals surface area contributed by atoms with Gasteiger partial charge >= 0.3 is 0 Å². The number of halogens is 1. The topological polar surface area (TPSA) is 29.1 Å². The summed E-state index contributed by atoms with van der Waals surface area (Å²) in [6.45, 7) is 1.99. The standard InChI is InChI=1S/C19H24ClNO/c1-12-4-16(20)2-3-17(12)21-18(22)11-19-8-13-5-14(9-19)7-15(6-13)10-19/h2-4,13-15H,5-11H2,1H3,(H,21,22). The van der Waals surface area contributed by atoms with E-state index in [0.717, 1.165) is 34.0 Å². The minimum absolute atomic E-state index is 0.187. The van der Waals surface area contributed by atoms with E-state index in [2.05, 4.69) is 5.32 Å². The van der Waals surface area contributed by atoms with Crippen molar-refractivity contribution in [2.75, 3.05) is 5.32 Å². The molecule has 2 nitrogen and oxygen atoms in total. The third-order valence-electron chi connectivity index (χ3n) is 6.16. The van der Waals surface area contributed by atoms with Gasteiger partial charge in [-0.25, -0.2) is 0 Å². The van der Waals surface area contributed by atoms with Crippen LogP contribution in [-0.4, -0.2) is 5.91 Å². The molecule has 4 aliphatic rings. The second kappa shape index (κ2) is 5.26. The number of carbonyl (C=O) groups is 1. The van der Waals surface area contributed by atoms with Gasteiger partial charge in [0.15, 0.2) is 0 Å². The molecule has 1 N–H and O–H groups in total. The van der Waals surface area contributed by atoms with Crippen LogP contribution in [0.15, 0.2) is 18.2 Å². The molecule has 1 aromatic carbocycles. The number of rotatable bonds is 3. The fourth-order valence-electron chi connectivity index (χ4n) is 5.81. The lowest BCUT2D eigenvalue weighted by Crippen LogP contribution is -2.47. The summed E-state index contributed by atoms with van der Waals surface area (Å²) in [7, 11) is 0. The van der Waals surface area contributed by atoms with Crippen LogP contribution in [0.25, 0.3) is 0 Å². The zero-order valence-electron chi connectivity index (χ0n) is 13.2. The lowest BCUT2D eigenvalue weighted by molar-refractivity contribution is -0.124. The van der Waals surface area contributed by atoms with E-state index in [9.17, 15) is 4.79 Å². The predicted octanol–water partition coefficient (Wildman–Crippen LogP) is 5.19. The molecule has 1 aromatic rings. The zero-order chi connectivity index (χ0) is 15.3. The van der Waals surface area contributed by atoms with Crippen molar-refractivity contribution in [3.8, 4) is 0 Å².